The highest BCUT2D eigenvalue weighted by Crippen LogP contribution is 2.56. The molecular weight excluding hydrogens is 510 g/mol. The summed E-state index contributed by atoms with van der Waals surface area (Å²) in [7, 11) is -6.68. The van der Waals surface area contributed by atoms with E-state index in [2.05, 4.69) is 0 Å². The molecule has 0 saturated carbocycles. The van der Waals surface area contributed by atoms with E-state index in [-0.39, 0.29) is 13.8 Å². The average Bonchev–Trinajstić information content (AvgIpc) is 3.56. The maximum Gasteiger partial charge on any atom is 0.335 e. The van der Waals surface area contributed by atoms with Crippen LogP contribution in [0.3, 0.4) is 0 Å². The van der Waals surface area contributed by atoms with Crippen molar-refractivity contribution in [3.05, 3.63) is 58.3 Å². The zero-order valence-electron chi connectivity index (χ0n) is 22.0. The maximum absolute atomic E-state index is 13.5. The molecule has 3 aromatic rings. The van der Waals surface area contributed by atoms with Gasteiger partial charge in [0.1, 0.15) is 0 Å². The molecule has 34 heavy (non-hydrogen) atoms. The van der Waals surface area contributed by atoms with E-state index in [4.69, 9.17) is 21.1 Å². The Morgan fingerprint density at radius 2 is 1.06 bits per heavy atom. The third-order valence-corrected chi connectivity index (χ3v) is 10.8. The molecule has 0 aliphatic rings. The van der Waals surface area contributed by atoms with E-state index in [1.54, 1.807) is 22.7 Å². The van der Waals surface area contributed by atoms with E-state index >= 15 is 0 Å². The Balaban J connectivity index is 0.00000223. The third-order valence-electron chi connectivity index (χ3n) is 4.93. The topological polar surface area (TPSA) is 71.1 Å². The second-order valence-electron chi connectivity index (χ2n) is 7.33. The van der Waals surface area contributed by atoms with Crippen molar-refractivity contribution in [1.82, 2.24) is 0 Å². The normalized spacial score (nSPS) is 12.6. The van der Waals surface area contributed by atoms with Crippen LogP contribution in [-0.2, 0) is 39.5 Å². The molecule has 0 fully saturated rings. The number of benzene rings is 1. The fourth-order valence-electron chi connectivity index (χ4n) is 3.73. The molecule has 1 aromatic carbocycles. The predicted octanol–water partition coefficient (Wildman–Crippen LogP) is 9.17. The molecule has 2 heterocycles. The SMILES string of the molecule is CCOP(=O)(Cc1cc(-c2cccs2)c(CP(=O)(OCC)OCC)cc1-c1cccs1)OCC.[2HH].[2H][2H]. The van der Waals surface area contributed by atoms with Gasteiger partial charge in [0, 0.05) is 14.2 Å². The highest BCUT2D eigenvalue weighted by atomic mass is 32.1. The van der Waals surface area contributed by atoms with Gasteiger partial charge in [0.2, 0.25) is 0 Å². The summed E-state index contributed by atoms with van der Waals surface area (Å²) in [5.74, 6) is 0. The summed E-state index contributed by atoms with van der Waals surface area (Å²) in [4.78, 5) is 2.05. The number of hydrogen-bond donors (Lipinski definition) is 0. The molecule has 3 rings (SSSR count). The molecule has 2 aromatic heterocycles. The summed E-state index contributed by atoms with van der Waals surface area (Å²) < 4.78 is 59.4. The van der Waals surface area contributed by atoms with E-state index in [1.807, 2.05) is 74.9 Å². The number of rotatable bonds is 14. The van der Waals surface area contributed by atoms with Gasteiger partial charge in [-0.05, 0) is 85.0 Å². The smallest absolute Gasteiger partial charge is 0.309 e. The van der Waals surface area contributed by atoms with Gasteiger partial charge < -0.3 is 18.1 Å². The lowest BCUT2D eigenvalue weighted by molar-refractivity contribution is 0.218. The standard InChI is InChI=1S/C24H32O6P2S2.2H2/c1-5-27-31(25,28-6-2)17-19-15-22(24-12-10-14-34-24)20(16-21(19)23-11-9-13-33-23)18-32(26,29-7-3)30-8-4;;/h9-16H,5-8,17-18H2,1-4H3;2*1H/i;1+1D;1+1. The molecule has 0 bridgehead atoms. The van der Waals surface area contributed by atoms with E-state index in [0.29, 0.717) is 26.4 Å². The highest BCUT2D eigenvalue weighted by Gasteiger charge is 2.30. The van der Waals surface area contributed by atoms with Crippen molar-refractivity contribution in [3.63, 3.8) is 0 Å². The van der Waals surface area contributed by atoms with Crippen LogP contribution < -0.4 is 0 Å². The van der Waals surface area contributed by atoms with Gasteiger partial charge in [0.15, 0.2) is 0 Å². The van der Waals surface area contributed by atoms with Crippen LogP contribution in [0.15, 0.2) is 47.2 Å². The molecule has 0 aliphatic carbocycles. The van der Waals surface area contributed by atoms with E-state index in [0.717, 1.165) is 32.0 Å². The van der Waals surface area contributed by atoms with Crippen molar-refractivity contribution in [2.45, 2.75) is 40.0 Å². The van der Waals surface area contributed by atoms with Crippen LogP contribution >= 0.6 is 37.9 Å². The van der Waals surface area contributed by atoms with Crippen molar-refractivity contribution >= 4 is 37.9 Å². The first kappa shape index (κ1) is 26.0. The number of hydrogen-bond acceptors (Lipinski definition) is 8. The summed E-state index contributed by atoms with van der Waals surface area (Å²) in [6.07, 6.45) is 0.296. The molecule has 0 atom stereocenters. The Kier molecular flexibility index (Phi) is 9.75. The molecule has 0 N–H and O–H groups in total. The van der Waals surface area contributed by atoms with Gasteiger partial charge in [-0.15, -0.1) is 22.7 Å². The van der Waals surface area contributed by atoms with Crippen LogP contribution in [0, 0.1) is 0 Å². The van der Waals surface area contributed by atoms with Crippen LogP contribution in [-0.4, -0.2) is 26.4 Å². The summed E-state index contributed by atoms with van der Waals surface area (Å²) in [5.41, 5.74) is 3.57. The lowest BCUT2D eigenvalue weighted by atomic mass is 9.98. The van der Waals surface area contributed by atoms with E-state index in [1.165, 1.54) is 0 Å². The quantitative estimate of drug-likeness (QED) is 0.187. The van der Waals surface area contributed by atoms with Crippen LogP contribution in [0.25, 0.3) is 20.9 Å². The van der Waals surface area contributed by atoms with Gasteiger partial charge >= 0.3 is 15.2 Å². The van der Waals surface area contributed by atoms with Crippen molar-refractivity contribution in [1.29, 1.82) is 0 Å². The second kappa shape index (κ2) is 12.8. The molecular formula is C24H36O6P2S2. The van der Waals surface area contributed by atoms with Gasteiger partial charge in [0.05, 0.1) is 38.8 Å². The third kappa shape index (κ3) is 6.99. The Hall–Kier alpha value is -1.08. The molecule has 6 nitrogen and oxygen atoms in total. The zero-order chi connectivity index (χ0) is 26.6. The van der Waals surface area contributed by atoms with Crippen LogP contribution in [0.1, 0.15) is 43.2 Å². The van der Waals surface area contributed by atoms with Gasteiger partial charge in [-0.3, -0.25) is 9.13 Å². The maximum atomic E-state index is 13.5. The van der Waals surface area contributed by atoms with Gasteiger partial charge in [-0.25, -0.2) is 0 Å². The highest BCUT2D eigenvalue weighted by molar-refractivity contribution is 7.53. The molecule has 0 aliphatic heterocycles. The minimum atomic E-state index is -3.34. The summed E-state index contributed by atoms with van der Waals surface area (Å²) in [6.45, 7) is 8.44. The van der Waals surface area contributed by atoms with Crippen molar-refractivity contribution < 1.29 is 31.6 Å². The van der Waals surface area contributed by atoms with Gasteiger partial charge in [-0.2, -0.15) is 0 Å². The van der Waals surface area contributed by atoms with Crippen LogP contribution in [0.4, 0.5) is 0 Å². The largest absolute Gasteiger partial charge is 0.335 e. The first-order chi connectivity index (χ1) is 17.4. The van der Waals surface area contributed by atoms with Gasteiger partial charge in [0.25, 0.3) is 0 Å². The van der Waals surface area contributed by atoms with Crippen molar-refractivity contribution in [2.75, 3.05) is 26.4 Å². The Bertz CT molecular complexity index is 1030. The minimum absolute atomic E-state index is 0. The summed E-state index contributed by atoms with van der Waals surface area (Å²) >= 11 is 3.19. The number of thiophene rings is 2. The molecule has 0 amide bonds. The van der Waals surface area contributed by atoms with E-state index in [9.17, 15) is 9.13 Å². The Morgan fingerprint density at radius 3 is 1.32 bits per heavy atom. The Labute approximate surface area is 214 Å². The predicted molar refractivity (Wildman–Crippen MR) is 146 cm³/mol. The minimum Gasteiger partial charge on any atom is -0.309 e. The fourth-order valence-corrected chi connectivity index (χ4v) is 8.74. The lowest BCUT2D eigenvalue weighted by Gasteiger charge is -2.22. The second-order valence-corrected chi connectivity index (χ2v) is 13.3. The summed E-state index contributed by atoms with van der Waals surface area (Å²) in [5, 5.41) is 4.00. The molecule has 0 radical (unpaired) electrons. The van der Waals surface area contributed by atoms with Crippen molar-refractivity contribution in [3.8, 4) is 20.9 Å². The van der Waals surface area contributed by atoms with Crippen LogP contribution in [0.5, 0.6) is 0 Å². The molecule has 190 valence electrons. The average molecular weight is 550 g/mol. The lowest BCUT2D eigenvalue weighted by Crippen LogP contribution is -2.04. The first-order valence-corrected chi connectivity index (χ1v) is 16.6. The molecule has 10 heteroatoms. The monoisotopic (exact) mass is 549 g/mol. The molecule has 0 unspecified atom stereocenters. The molecule has 0 saturated heterocycles. The summed E-state index contributed by atoms with van der Waals surface area (Å²) in [6, 6.07) is 12.1. The van der Waals surface area contributed by atoms with Crippen LogP contribution in [0.2, 0.25) is 0 Å². The first-order valence-electron chi connectivity index (χ1n) is 12.4. The molecule has 0 spiro atoms. The van der Waals surface area contributed by atoms with Gasteiger partial charge in [-0.1, -0.05) is 12.1 Å². The Morgan fingerprint density at radius 1 is 0.706 bits per heavy atom. The van der Waals surface area contributed by atoms with Crippen molar-refractivity contribution in [2.24, 2.45) is 0 Å². The fraction of sp³-hybridized carbons (Fsp3) is 0.417. The van der Waals surface area contributed by atoms with E-state index < -0.39 is 15.2 Å². The zero-order valence-corrected chi connectivity index (χ0v) is 23.4.